The van der Waals surface area contributed by atoms with Crippen molar-refractivity contribution in [2.45, 2.75) is 46.2 Å². The number of aryl methyl sites for hydroxylation is 2. The maximum absolute atomic E-state index is 13.5. The fraction of sp³-hybridized carbons (Fsp3) is 0.312. The van der Waals surface area contributed by atoms with Crippen LogP contribution in [-0.4, -0.2) is 41.7 Å². The molecule has 4 aromatic rings. The van der Waals surface area contributed by atoms with E-state index in [-0.39, 0.29) is 37.7 Å². The number of hydrogen-bond donors (Lipinski definition) is 2. The molecule has 10 nitrogen and oxygen atoms in total. The predicted molar refractivity (Wildman–Crippen MR) is 163 cm³/mol. The zero-order valence-electron chi connectivity index (χ0n) is 24.4. The lowest BCUT2D eigenvalue weighted by molar-refractivity contribution is -0.121. The quantitative estimate of drug-likeness (QED) is 0.268. The Bertz CT molecular complexity index is 1700. The summed E-state index contributed by atoms with van der Waals surface area (Å²) in [4.78, 5) is 52.2. The van der Waals surface area contributed by atoms with Crippen LogP contribution in [0.1, 0.15) is 29.5 Å². The molecule has 0 bridgehead atoms. The lowest BCUT2D eigenvalue weighted by atomic mass is 10.1. The Hall–Kier alpha value is -4.86. The van der Waals surface area contributed by atoms with Gasteiger partial charge in [0.1, 0.15) is 6.54 Å². The number of nitrogens with one attached hydrogen (secondary N) is 2. The summed E-state index contributed by atoms with van der Waals surface area (Å²) in [6, 6.07) is 18.0. The number of para-hydroxylation sites is 2. The van der Waals surface area contributed by atoms with Crippen LogP contribution in [0.2, 0.25) is 0 Å². The molecule has 0 unspecified atom stereocenters. The predicted octanol–water partition coefficient (Wildman–Crippen LogP) is 3.58. The standard InChI is InChI=1S/C32H36N4O6/c1-21-9-7-10-22(2)30(21)34-29(38)20-36-25-12-6-5-11-24(25)31(39)35(32(36)40)18-8-13-28(37)33-17-16-23-14-15-26(41-3)27(19-23)42-4/h5-7,9-12,14-15,19H,8,13,16-18,20H2,1-4H3,(H,33,37)(H,34,38). The number of methoxy groups -OCH3 is 2. The Morgan fingerprint density at radius 3 is 2.26 bits per heavy atom. The van der Waals surface area contributed by atoms with Crippen molar-refractivity contribution in [1.29, 1.82) is 0 Å². The molecule has 0 aliphatic rings. The molecule has 0 spiro atoms. The first-order valence-electron chi connectivity index (χ1n) is 13.8. The second-order valence-corrected chi connectivity index (χ2v) is 10.1. The highest BCUT2D eigenvalue weighted by molar-refractivity contribution is 5.93. The summed E-state index contributed by atoms with van der Waals surface area (Å²) >= 11 is 0. The number of ether oxygens (including phenoxy) is 2. The van der Waals surface area contributed by atoms with Crippen LogP contribution < -0.4 is 31.4 Å². The summed E-state index contributed by atoms with van der Waals surface area (Å²) in [5.41, 5.74) is 2.84. The molecule has 3 aromatic carbocycles. The average Bonchev–Trinajstić information content (AvgIpc) is 2.98. The first-order chi connectivity index (χ1) is 20.2. The van der Waals surface area contributed by atoms with Crippen LogP contribution in [0.4, 0.5) is 5.69 Å². The van der Waals surface area contributed by atoms with Gasteiger partial charge < -0.3 is 20.1 Å². The monoisotopic (exact) mass is 572 g/mol. The minimum absolute atomic E-state index is 0.0458. The summed E-state index contributed by atoms with van der Waals surface area (Å²) in [6.07, 6.45) is 1.02. The normalized spacial score (nSPS) is 10.9. The first kappa shape index (κ1) is 30.1. The molecular weight excluding hydrogens is 536 g/mol. The summed E-state index contributed by atoms with van der Waals surface area (Å²) in [6.45, 7) is 4.01. The van der Waals surface area contributed by atoms with E-state index in [1.165, 1.54) is 4.57 Å². The molecule has 2 N–H and O–H groups in total. The molecule has 1 heterocycles. The van der Waals surface area contributed by atoms with Crippen LogP contribution in [0.3, 0.4) is 0 Å². The molecule has 2 amide bonds. The van der Waals surface area contributed by atoms with Gasteiger partial charge in [0, 0.05) is 25.2 Å². The van der Waals surface area contributed by atoms with Crippen LogP contribution in [0.25, 0.3) is 10.9 Å². The fourth-order valence-electron chi connectivity index (χ4n) is 4.92. The molecule has 0 saturated carbocycles. The Kier molecular flexibility index (Phi) is 9.80. The lowest BCUT2D eigenvalue weighted by Crippen LogP contribution is -2.42. The molecule has 0 aliphatic heterocycles. The molecule has 0 atom stereocenters. The largest absolute Gasteiger partial charge is 0.493 e. The van der Waals surface area contributed by atoms with E-state index >= 15 is 0 Å². The first-order valence-corrected chi connectivity index (χ1v) is 13.8. The second-order valence-electron chi connectivity index (χ2n) is 10.1. The zero-order chi connectivity index (χ0) is 30.2. The Morgan fingerprint density at radius 1 is 0.833 bits per heavy atom. The molecule has 42 heavy (non-hydrogen) atoms. The van der Waals surface area contributed by atoms with E-state index in [4.69, 9.17) is 9.47 Å². The fourth-order valence-corrected chi connectivity index (χ4v) is 4.92. The number of nitrogens with zero attached hydrogens (tertiary/aromatic N) is 2. The van der Waals surface area contributed by atoms with Gasteiger partial charge in [0.25, 0.3) is 5.56 Å². The van der Waals surface area contributed by atoms with E-state index in [9.17, 15) is 19.2 Å². The second kappa shape index (κ2) is 13.7. The number of rotatable bonds is 12. The van der Waals surface area contributed by atoms with Crippen molar-refractivity contribution >= 4 is 28.4 Å². The highest BCUT2D eigenvalue weighted by atomic mass is 16.5. The van der Waals surface area contributed by atoms with Crippen LogP contribution in [0.15, 0.2) is 70.3 Å². The maximum Gasteiger partial charge on any atom is 0.331 e. The average molecular weight is 573 g/mol. The molecule has 1 aromatic heterocycles. The van der Waals surface area contributed by atoms with Gasteiger partial charge in [-0.1, -0.05) is 36.4 Å². The van der Waals surface area contributed by atoms with Crippen molar-refractivity contribution in [1.82, 2.24) is 14.5 Å². The summed E-state index contributed by atoms with van der Waals surface area (Å²) < 4.78 is 13.0. The molecular formula is C32H36N4O6. The van der Waals surface area contributed by atoms with E-state index in [1.54, 1.807) is 38.5 Å². The van der Waals surface area contributed by atoms with Gasteiger partial charge in [0.2, 0.25) is 11.8 Å². The number of amides is 2. The SMILES string of the molecule is COc1ccc(CCNC(=O)CCCn2c(=O)c3ccccc3n(CC(=O)Nc3c(C)cccc3C)c2=O)cc1OC. The van der Waals surface area contributed by atoms with Crippen molar-refractivity contribution in [3.8, 4) is 11.5 Å². The van der Waals surface area contributed by atoms with Gasteiger partial charge in [0.05, 0.1) is 25.1 Å². The minimum Gasteiger partial charge on any atom is -0.493 e. The number of carbonyl (C=O) groups is 2. The van der Waals surface area contributed by atoms with Gasteiger partial charge in [0.15, 0.2) is 11.5 Å². The molecule has 0 fully saturated rings. The van der Waals surface area contributed by atoms with E-state index in [0.29, 0.717) is 41.1 Å². The van der Waals surface area contributed by atoms with E-state index < -0.39 is 11.2 Å². The topological polar surface area (TPSA) is 121 Å². The summed E-state index contributed by atoms with van der Waals surface area (Å²) in [7, 11) is 3.14. The molecule has 220 valence electrons. The van der Waals surface area contributed by atoms with Gasteiger partial charge in [-0.3, -0.25) is 23.5 Å². The number of aromatic nitrogens is 2. The lowest BCUT2D eigenvalue weighted by Gasteiger charge is -2.15. The van der Waals surface area contributed by atoms with Gasteiger partial charge in [-0.2, -0.15) is 0 Å². The number of benzene rings is 3. The van der Waals surface area contributed by atoms with Crippen molar-refractivity contribution < 1.29 is 19.1 Å². The van der Waals surface area contributed by atoms with Gasteiger partial charge in [-0.05, 0) is 67.6 Å². The summed E-state index contributed by atoms with van der Waals surface area (Å²) in [5, 5.41) is 6.11. The molecule has 10 heteroatoms. The highest BCUT2D eigenvalue weighted by Crippen LogP contribution is 2.27. The number of anilines is 1. The molecule has 0 aliphatic carbocycles. The smallest absolute Gasteiger partial charge is 0.331 e. The van der Waals surface area contributed by atoms with Crippen molar-refractivity contribution in [2.24, 2.45) is 0 Å². The Labute approximate surface area is 243 Å². The number of fused-ring (bicyclic) bond motifs is 1. The van der Waals surface area contributed by atoms with Crippen LogP contribution in [0.5, 0.6) is 11.5 Å². The van der Waals surface area contributed by atoms with Crippen molar-refractivity contribution in [2.75, 3.05) is 26.1 Å². The van der Waals surface area contributed by atoms with Crippen LogP contribution in [-0.2, 0) is 29.1 Å². The third kappa shape index (κ3) is 6.88. The van der Waals surface area contributed by atoms with Crippen LogP contribution in [0, 0.1) is 13.8 Å². The third-order valence-corrected chi connectivity index (χ3v) is 7.15. The maximum atomic E-state index is 13.5. The van der Waals surface area contributed by atoms with Crippen molar-refractivity contribution in [3.05, 3.63) is 98.2 Å². The van der Waals surface area contributed by atoms with Gasteiger partial charge >= 0.3 is 5.69 Å². The molecule has 0 radical (unpaired) electrons. The highest BCUT2D eigenvalue weighted by Gasteiger charge is 2.16. The van der Waals surface area contributed by atoms with Crippen LogP contribution >= 0.6 is 0 Å². The Morgan fingerprint density at radius 2 is 1.55 bits per heavy atom. The van der Waals surface area contributed by atoms with Crippen molar-refractivity contribution in [3.63, 3.8) is 0 Å². The Balaban J connectivity index is 1.42. The number of carbonyl (C=O) groups excluding carboxylic acids is 2. The third-order valence-electron chi connectivity index (χ3n) is 7.15. The molecule has 4 rings (SSSR count). The molecule has 0 saturated heterocycles. The van der Waals surface area contributed by atoms with Gasteiger partial charge in [-0.15, -0.1) is 0 Å². The number of hydrogen-bond acceptors (Lipinski definition) is 6. The summed E-state index contributed by atoms with van der Waals surface area (Å²) in [5.74, 6) is 0.696. The van der Waals surface area contributed by atoms with E-state index in [2.05, 4.69) is 10.6 Å². The van der Waals surface area contributed by atoms with E-state index in [0.717, 1.165) is 21.3 Å². The van der Waals surface area contributed by atoms with E-state index in [1.807, 2.05) is 50.2 Å². The minimum atomic E-state index is -0.593. The van der Waals surface area contributed by atoms with Gasteiger partial charge in [-0.25, -0.2) is 4.79 Å². The zero-order valence-corrected chi connectivity index (χ0v) is 24.4.